The summed E-state index contributed by atoms with van der Waals surface area (Å²) in [5.41, 5.74) is 1.71. The molecule has 2 aromatic rings. The second-order valence-corrected chi connectivity index (χ2v) is 15.3. The largest absolute Gasteiger partial charge is 0.497 e. The van der Waals surface area contributed by atoms with Crippen LogP contribution in [0.25, 0.3) is 11.0 Å². The zero-order valence-corrected chi connectivity index (χ0v) is 27.2. The van der Waals surface area contributed by atoms with E-state index in [1.165, 1.54) is 13.3 Å². The molecule has 242 valence electrons. The molecule has 3 aliphatic carbocycles. The number of carbonyl (C=O) groups is 3. The lowest BCUT2D eigenvalue weighted by atomic mass is 9.85. The molecule has 45 heavy (non-hydrogen) atoms. The second-order valence-electron chi connectivity index (χ2n) is 15.3. The fourth-order valence-corrected chi connectivity index (χ4v) is 8.52. The molecule has 2 amide bonds. The number of rotatable bonds is 2. The fraction of sp³-hybridized carbons (Fsp3) is 0.686. The van der Waals surface area contributed by atoms with Crippen molar-refractivity contribution in [2.75, 3.05) is 13.7 Å². The Labute approximate surface area is 265 Å². The zero-order chi connectivity index (χ0) is 31.8. The highest BCUT2D eigenvalue weighted by Crippen LogP contribution is 2.59. The van der Waals surface area contributed by atoms with Gasteiger partial charge in [-0.2, -0.15) is 0 Å². The van der Waals surface area contributed by atoms with Crippen LogP contribution in [-0.2, 0) is 14.3 Å². The van der Waals surface area contributed by atoms with Gasteiger partial charge in [0.25, 0.3) is 0 Å². The van der Waals surface area contributed by atoms with E-state index >= 15 is 0 Å². The van der Waals surface area contributed by atoms with Crippen LogP contribution < -0.4 is 14.8 Å². The number of Topliss-reactive ketones (excluding diaryl/α,β-unsaturated/α-hetero) is 1. The molecule has 4 fully saturated rings. The van der Waals surface area contributed by atoms with Gasteiger partial charge in [0.05, 0.1) is 30.7 Å². The van der Waals surface area contributed by atoms with Crippen molar-refractivity contribution >= 4 is 28.8 Å². The van der Waals surface area contributed by atoms with Gasteiger partial charge in [0.2, 0.25) is 11.8 Å². The van der Waals surface area contributed by atoms with Gasteiger partial charge in [-0.05, 0) is 80.2 Å². The molecule has 2 bridgehead atoms. The summed E-state index contributed by atoms with van der Waals surface area (Å²) in [5, 5.41) is 2.93. The van der Waals surface area contributed by atoms with Crippen LogP contribution in [0.15, 0.2) is 18.2 Å². The Morgan fingerprint density at radius 1 is 1.00 bits per heavy atom. The van der Waals surface area contributed by atoms with Crippen molar-refractivity contribution in [3.63, 3.8) is 0 Å². The number of nitrogens with zero attached hydrogens (tertiary/aromatic N) is 3. The lowest BCUT2D eigenvalue weighted by molar-refractivity contribution is -0.141. The van der Waals surface area contributed by atoms with E-state index in [9.17, 15) is 14.4 Å². The van der Waals surface area contributed by atoms with Gasteiger partial charge in [0, 0.05) is 17.9 Å². The Balaban J connectivity index is 1.26. The minimum absolute atomic E-state index is 0.118. The third-order valence-electron chi connectivity index (χ3n) is 11.2. The quantitative estimate of drug-likeness (QED) is 0.483. The number of carbonyl (C=O) groups excluding carboxylic acids is 3. The van der Waals surface area contributed by atoms with Crippen molar-refractivity contribution in [3.05, 3.63) is 23.9 Å². The first kappa shape index (κ1) is 30.2. The minimum Gasteiger partial charge on any atom is -0.497 e. The van der Waals surface area contributed by atoms with E-state index in [2.05, 4.69) is 5.32 Å². The molecule has 10 atom stereocenters. The number of fused-ring (bicyclic) bond motifs is 9. The monoisotopic (exact) mass is 618 g/mol. The molecule has 0 spiro atoms. The number of aromatic nitrogens is 2. The van der Waals surface area contributed by atoms with Crippen LogP contribution in [0.3, 0.4) is 0 Å². The number of benzene rings is 1. The van der Waals surface area contributed by atoms with Gasteiger partial charge in [-0.1, -0.05) is 34.1 Å². The maximum absolute atomic E-state index is 14.3. The average molecular weight is 619 g/mol. The maximum atomic E-state index is 14.3. The molecule has 7 rings (SSSR count). The number of methoxy groups -OCH3 is 1. The summed E-state index contributed by atoms with van der Waals surface area (Å²) in [7, 11) is 1.62. The molecule has 5 aliphatic rings. The van der Waals surface area contributed by atoms with Crippen LogP contribution in [0.2, 0.25) is 0 Å². The number of nitrogens with one attached hydrogen (secondary N) is 1. The Hall–Kier alpha value is -3.43. The molecule has 1 aromatic heterocycles. The molecule has 1 saturated heterocycles. The van der Waals surface area contributed by atoms with Gasteiger partial charge < -0.3 is 24.4 Å². The zero-order valence-electron chi connectivity index (χ0n) is 27.2. The number of alkyl carbamates (subject to hydrolysis) is 1. The maximum Gasteiger partial charge on any atom is 0.408 e. The number of ether oxygens (including phenoxy) is 3. The number of amides is 2. The molecule has 0 radical (unpaired) electrons. The van der Waals surface area contributed by atoms with Gasteiger partial charge in [0.15, 0.2) is 5.78 Å². The smallest absolute Gasteiger partial charge is 0.408 e. The summed E-state index contributed by atoms with van der Waals surface area (Å²) in [6.45, 7) is 9.42. The Morgan fingerprint density at radius 2 is 1.80 bits per heavy atom. The lowest BCUT2D eigenvalue weighted by Gasteiger charge is -2.35. The van der Waals surface area contributed by atoms with E-state index < -0.39 is 29.7 Å². The van der Waals surface area contributed by atoms with E-state index in [1.54, 1.807) is 12.0 Å². The lowest BCUT2D eigenvalue weighted by Crippen LogP contribution is -2.57. The second kappa shape index (κ2) is 11.1. The molecule has 2 aliphatic heterocycles. The number of hydrogen-bond acceptors (Lipinski definition) is 8. The van der Waals surface area contributed by atoms with Crippen molar-refractivity contribution in [1.82, 2.24) is 20.2 Å². The van der Waals surface area contributed by atoms with Crippen LogP contribution in [-0.4, -0.2) is 70.6 Å². The molecule has 4 unspecified atom stereocenters. The number of hydrogen-bond donors (Lipinski definition) is 1. The summed E-state index contributed by atoms with van der Waals surface area (Å²) < 4.78 is 18.2. The van der Waals surface area contributed by atoms with Crippen LogP contribution in [0.5, 0.6) is 11.6 Å². The molecular formula is C35H46N4O6. The van der Waals surface area contributed by atoms with Crippen molar-refractivity contribution in [3.8, 4) is 11.6 Å². The van der Waals surface area contributed by atoms with Gasteiger partial charge in [-0.3, -0.25) is 9.59 Å². The van der Waals surface area contributed by atoms with E-state index in [0.717, 1.165) is 43.3 Å². The Kier molecular flexibility index (Phi) is 7.47. The molecule has 10 nitrogen and oxygen atoms in total. The van der Waals surface area contributed by atoms with Gasteiger partial charge in [0.1, 0.15) is 29.7 Å². The van der Waals surface area contributed by atoms with Crippen molar-refractivity contribution in [2.24, 2.45) is 35.0 Å². The highest BCUT2D eigenvalue weighted by Gasteiger charge is 2.55. The predicted octanol–water partition coefficient (Wildman–Crippen LogP) is 5.27. The van der Waals surface area contributed by atoms with Crippen LogP contribution in [0.4, 0.5) is 4.79 Å². The normalized spacial score (nSPS) is 36.3. The molecular weight excluding hydrogens is 572 g/mol. The highest BCUT2D eigenvalue weighted by molar-refractivity contribution is 5.92. The van der Waals surface area contributed by atoms with Crippen molar-refractivity contribution in [2.45, 2.75) is 103 Å². The third kappa shape index (κ3) is 5.63. The summed E-state index contributed by atoms with van der Waals surface area (Å²) in [5.74, 6) is 2.81. The van der Waals surface area contributed by atoms with Crippen LogP contribution in [0.1, 0.15) is 84.8 Å². The average Bonchev–Trinajstić information content (AvgIpc) is 3.87. The third-order valence-corrected chi connectivity index (χ3v) is 11.2. The van der Waals surface area contributed by atoms with Gasteiger partial charge >= 0.3 is 6.09 Å². The van der Waals surface area contributed by atoms with Crippen LogP contribution in [0, 0.1) is 35.0 Å². The van der Waals surface area contributed by atoms with Crippen LogP contribution >= 0.6 is 0 Å². The Bertz CT molecular complexity index is 1520. The van der Waals surface area contributed by atoms with E-state index in [1.807, 2.05) is 45.9 Å². The summed E-state index contributed by atoms with van der Waals surface area (Å²) in [6, 6.07) is 4.12. The Morgan fingerprint density at radius 3 is 2.53 bits per heavy atom. The molecule has 1 N–H and O–H groups in total. The van der Waals surface area contributed by atoms with Crippen molar-refractivity contribution in [1.29, 1.82) is 0 Å². The molecule has 3 saturated carbocycles. The van der Waals surface area contributed by atoms with E-state index in [0.29, 0.717) is 40.8 Å². The SMILES string of the molecule is COc1ccc2nc3c(nc2c1)O[C@H]1CN(C(=O)[C@H](C(C)(C)C)NC(=O)O[C@@H]2CC4CC4[C@H]2CCCC2CC32)[C@H](C(C)=O)[C@@H]1C. The standard InChI is InChI=1S/C35H46N4O6/c1-17-28-16-39(30(17)18(2)40)33(41)31(35(3,4)5)38-34(42)45-27-14-20-13-23(20)22(27)9-7-8-19-12-24(19)29-32(44-28)37-26-15-21(43-6)10-11-25(26)36-29/h10-11,15,17,19-20,22-24,27-28,30-31H,7-9,12-14,16H2,1-6H3,(H,38,42)/t17-,19?,20?,22-,23?,24?,27-,28+,30+,31-/m1/s1. The molecule has 10 heteroatoms. The molecule has 1 aromatic carbocycles. The van der Waals surface area contributed by atoms with Gasteiger partial charge in [-0.15, -0.1) is 0 Å². The summed E-state index contributed by atoms with van der Waals surface area (Å²) in [4.78, 5) is 52.4. The van der Waals surface area contributed by atoms with Gasteiger partial charge in [-0.25, -0.2) is 14.8 Å². The first-order valence-electron chi connectivity index (χ1n) is 16.7. The number of ketones is 1. The first-order valence-corrected chi connectivity index (χ1v) is 16.7. The minimum atomic E-state index is -0.873. The highest BCUT2D eigenvalue weighted by atomic mass is 16.6. The predicted molar refractivity (Wildman–Crippen MR) is 167 cm³/mol. The fourth-order valence-electron chi connectivity index (χ4n) is 8.52. The van der Waals surface area contributed by atoms with E-state index in [-0.39, 0.29) is 36.2 Å². The van der Waals surface area contributed by atoms with E-state index in [4.69, 9.17) is 24.2 Å². The summed E-state index contributed by atoms with van der Waals surface area (Å²) >= 11 is 0. The first-order chi connectivity index (χ1) is 21.4. The van der Waals surface area contributed by atoms with Crippen molar-refractivity contribution < 1.29 is 28.6 Å². The molecule has 3 heterocycles. The topological polar surface area (TPSA) is 120 Å². The summed E-state index contributed by atoms with van der Waals surface area (Å²) in [6.07, 6.45) is 5.19.